The molecule has 0 heterocycles. The van der Waals surface area contributed by atoms with Gasteiger partial charge in [-0.3, -0.25) is 4.79 Å². The van der Waals surface area contributed by atoms with Gasteiger partial charge in [0.2, 0.25) is 0 Å². The summed E-state index contributed by atoms with van der Waals surface area (Å²) in [4.78, 5) is 11.4. The van der Waals surface area contributed by atoms with Gasteiger partial charge in [-0.25, -0.2) is 0 Å². The van der Waals surface area contributed by atoms with Crippen molar-refractivity contribution in [3.63, 3.8) is 0 Å². The molecule has 0 unspecified atom stereocenters. The van der Waals surface area contributed by atoms with Crippen LogP contribution in [0, 0.1) is 13.8 Å². The molecule has 0 bridgehead atoms. The number of hydrogen-bond acceptors (Lipinski definition) is 2. The van der Waals surface area contributed by atoms with Crippen LogP contribution in [0.15, 0.2) is 40.9 Å². The van der Waals surface area contributed by atoms with Gasteiger partial charge in [0.1, 0.15) is 11.5 Å². The van der Waals surface area contributed by atoms with Crippen LogP contribution in [0.2, 0.25) is 0 Å². The topological polar surface area (TPSA) is 26.3 Å². The lowest BCUT2D eigenvalue weighted by Gasteiger charge is -2.10. The van der Waals surface area contributed by atoms with Crippen LogP contribution in [0.4, 0.5) is 0 Å². The number of aryl methyl sites for hydroxylation is 2. The van der Waals surface area contributed by atoms with E-state index in [2.05, 4.69) is 22.0 Å². The first-order chi connectivity index (χ1) is 8.97. The number of halogens is 1. The maximum absolute atomic E-state index is 11.4. The van der Waals surface area contributed by atoms with E-state index in [1.165, 1.54) is 0 Å². The van der Waals surface area contributed by atoms with Crippen molar-refractivity contribution in [1.29, 1.82) is 0 Å². The summed E-state index contributed by atoms with van der Waals surface area (Å²) in [5.74, 6) is 1.58. The second-order valence-corrected chi connectivity index (χ2v) is 5.42. The van der Waals surface area contributed by atoms with Crippen LogP contribution in [0.5, 0.6) is 11.5 Å². The Hall–Kier alpha value is -1.61. The van der Waals surface area contributed by atoms with E-state index in [9.17, 15) is 4.79 Å². The molecule has 0 saturated heterocycles. The minimum Gasteiger partial charge on any atom is -0.457 e. The highest BCUT2D eigenvalue weighted by atomic mass is 79.9. The molecule has 0 aliphatic heterocycles. The number of rotatable bonds is 3. The number of ether oxygens (including phenoxy) is 1. The van der Waals surface area contributed by atoms with E-state index in [0.29, 0.717) is 11.3 Å². The van der Waals surface area contributed by atoms with Crippen LogP contribution in [0.25, 0.3) is 0 Å². The highest BCUT2D eigenvalue weighted by Crippen LogP contribution is 2.29. The van der Waals surface area contributed by atoms with Gasteiger partial charge in [-0.15, -0.1) is 0 Å². The Balaban J connectivity index is 2.31. The van der Waals surface area contributed by atoms with Gasteiger partial charge >= 0.3 is 0 Å². The summed E-state index contributed by atoms with van der Waals surface area (Å²) in [5.41, 5.74) is 2.89. The molecule has 2 aromatic rings. The molecule has 0 saturated carbocycles. The number of Topliss-reactive ketones (excluding diaryl/α,β-unsaturated/α-hetero) is 1. The first kappa shape index (κ1) is 13.8. The highest BCUT2D eigenvalue weighted by Gasteiger charge is 2.08. The zero-order valence-corrected chi connectivity index (χ0v) is 12.7. The van der Waals surface area contributed by atoms with Crippen LogP contribution in [-0.2, 0) is 0 Å². The van der Waals surface area contributed by atoms with Gasteiger partial charge in [-0.2, -0.15) is 0 Å². The molecule has 0 atom stereocenters. The average Bonchev–Trinajstić information content (AvgIpc) is 2.33. The predicted molar refractivity (Wildman–Crippen MR) is 80.1 cm³/mol. The van der Waals surface area contributed by atoms with Crippen molar-refractivity contribution in [2.24, 2.45) is 0 Å². The third kappa shape index (κ3) is 3.24. The van der Waals surface area contributed by atoms with Crippen molar-refractivity contribution >= 4 is 21.7 Å². The number of hydrogen-bond donors (Lipinski definition) is 0. The second-order valence-electron chi connectivity index (χ2n) is 4.57. The molecular formula is C16H15BrO2. The fourth-order valence-corrected chi connectivity index (χ4v) is 2.43. The van der Waals surface area contributed by atoms with Gasteiger partial charge in [0.15, 0.2) is 5.78 Å². The molecule has 2 nitrogen and oxygen atoms in total. The Morgan fingerprint density at radius 2 is 1.84 bits per heavy atom. The van der Waals surface area contributed by atoms with E-state index < -0.39 is 0 Å². The van der Waals surface area contributed by atoms with E-state index in [0.717, 1.165) is 21.3 Å². The van der Waals surface area contributed by atoms with Crippen LogP contribution in [0.3, 0.4) is 0 Å². The van der Waals surface area contributed by atoms with Crippen LogP contribution < -0.4 is 4.74 Å². The van der Waals surface area contributed by atoms with Crippen LogP contribution in [0.1, 0.15) is 28.4 Å². The molecule has 98 valence electrons. The number of carbonyl (C=O) groups is 1. The summed E-state index contributed by atoms with van der Waals surface area (Å²) >= 11 is 3.39. The highest BCUT2D eigenvalue weighted by molar-refractivity contribution is 9.10. The Bertz CT molecular complexity index is 633. The summed E-state index contributed by atoms with van der Waals surface area (Å²) in [6.07, 6.45) is 0. The third-order valence-corrected chi connectivity index (χ3v) is 3.55. The summed E-state index contributed by atoms with van der Waals surface area (Å²) in [7, 11) is 0. The third-order valence-electron chi connectivity index (χ3n) is 2.89. The summed E-state index contributed by atoms with van der Waals surface area (Å²) < 4.78 is 6.62. The lowest BCUT2D eigenvalue weighted by atomic mass is 10.1. The molecule has 0 fully saturated rings. The van der Waals surface area contributed by atoms with Gasteiger partial charge in [-0.05, 0) is 72.1 Å². The fraction of sp³-hybridized carbons (Fsp3) is 0.188. The van der Waals surface area contributed by atoms with Gasteiger partial charge < -0.3 is 4.74 Å². The monoisotopic (exact) mass is 318 g/mol. The second kappa shape index (κ2) is 5.57. The quantitative estimate of drug-likeness (QED) is 0.739. The molecule has 0 aliphatic rings. The van der Waals surface area contributed by atoms with E-state index in [-0.39, 0.29) is 5.78 Å². The minimum absolute atomic E-state index is 0.0326. The van der Waals surface area contributed by atoms with Crippen molar-refractivity contribution in [3.05, 3.63) is 57.6 Å². The zero-order valence-electron chi connectivity index (χ0n) is 11.2. The molecule has 2 aromatic carbocycles. The van der Waals surface area contributed by atoms with Crippen molar-refractivity contribution in [2.75, 3.05) is 0 Å². The van der Waals surface area contributed by atoms with Crippen LogP contribution >= 0.6 is 15.9 Å². The van der Waals surface area contributed by atoms with E-state index in [1.54, 1.807) is 13.0 Å². The van der Waals surface area contributed by atoms with E-state index in [1.807, 2.05) is 38.1 Å². The molecule has 0 radical (unpaired) electrons. The minimum atomic E-state index is 0.0326. The molecule has 0 N–H and O–H groups in total. The summed E-state index contributed by atoms with van der Waals surface area (Å²) in [6.45, 7) is 5.58. The summed E-state index contributed by atoms with van der Waals surface area (Å²) in [6, 6.07) is 11.5. The molecule has 2 rings (SSSR count). The smallest absolute Gasteiger partial charge is 0.160 e. The molecule has 3 heteroatoms. The molecule has 19 heavy (non-hydrogen) atoms. The Morgan fingerprint density at radius 1 is 1.11 bits per heavy atom. The standard InChI is InChI=1S/C16H15BrO2/c1-10-4-5-11(2)16(8-10)19-13-6-7-14(12(3)18)15(17)9-13/h4-9H,1-3H3. The van der Waals surface area contributed by atoms with Gasteiger partial charge in [0.05, 0.1) is 0 Å². The zero-order chi connectivity index (χ0) is 14.0. The lowest BCUT2D eigenvalue weighted by Crippen LogP contribution is -1.94. The Kier molecular flexibility index (Phi) is 4.05. The van der Waals surface area contributed by atoms with Gasteiger partial charge in [0.25, 0.3) is 0 Å². The largest absolute Gasteiger partial charge is 0.457 e. The van der Waals surface area contributed by atoms with Gasteiger partial charge in [-0.1, -0.05) is 12.1 Å². The molecular weight excluding hydrogens is 304 g/mol. The predicted octanol–water partition coefficient (Wildman–Crippen LogP) is 5.06. The number of benzene rings is 2. The Labute approximate surface area is 121 Å². The van der Waals surface area contributed by atoms with Crippen molar-refractivity contribution in [2.45, 2.75) is 20.8 Å². The molecule has 0 spiro atoms. The maximum Gasteiger partial charge on any atom is 0.160 e. The normalized spacial score (nSPS) is 10.3. The van der Waals surface area contributed by atoms with Crippen molar-refractivity contribution in [3.8, 4) is 11.5 Å². The number of ketones is 1. The lowest BCUT2D eigenvalue weighted by molar-refractivity contribution is 0.101. The number of carbonyl (C=O) groups excluding carboxylic acids is 1. The van der Waals surface area contributed by atoms with E-state index >= 15 is 0 Å². The van der Waals surface area contributed by atoms with Gasteiger partial charge in [0, 0.05) is 10.0 Å². The summed E-state index contributed by atoms with van der Waals surface area (Å²) in [5, 5.41) is 0. The van der Waals surface area contributed by atoms with Crippen molar-refractivity contribution in [1.82, 2.24) is 0 Å². The Morgan fingerprint density at radius 3 is 2.47 bits per heavy atom. The molecule has 0 aliphatic carbocycles. The molecule has 0 aromatic heterocycles. The maximum atomic E-state index is 11.4. The SMILES string of the molecule is CC(=O)c1ccc(Oc2cc(C)ccc2C)cc1Br. The molecule has 0 amide bonds. The van der Waals surface area contributed by atoms with Crippen LogP contribution in [-0.4, -0.2) is 5.78 Å². The van der Waals surface area contributed by atoms with Crippen molar-refractivity contribution < 1.29 is 9.53 Å². The fourth-order valence-electron chi connectivity index (χ4n) is 1.79. The first-order valence-electron chi connectivity index (χ1n) is 6.03. The van der Waals surface area contributed by atoms with E-state index in [4.69, 9.17) is 4.74 Å². The average molecular weight is 319 g/mol. The first-order valence-corrected chi connectivity index (χ1v) is 6.82.